The van der Waals surface area contributed by atoms with Crippen LogP contribution in [0.2, 0.25) is 0 Å². The van der Waals surface area contributed by atoms with Crippen LogP contribution in [0.3, 0.4) is 0 Å². The molecule has 1 unspecified atom stereocenters. The van der Waals surface area contributed by atoms with E-state index in [1.165, 1.54) is 25.8 Å². The third-order valence-electron chi connectivity index (χ3n) is 2.98. The minimum Gasteiger partial charge on any atom is -0.317 e. The maximum atomic E-state index is 3.38. The lowest BCUT2D eigenvalue weighted by Crippen LogP contribution is -2.33. The van der Waals surface area contributed by atoms with Crippen LogP contribution in [-0.2, 0) is 0 Å². The van der Waals surface area contributed by atoms with Crippen LogP contribution in [0, 0.1) is 5.92 Å². The van der Waals surface area contributed by atoms with Crippen LogP contribution >= 0.6 is 0 Å². The molecule has 2 nitrogen and oxygen atoms in total. The van der Waals surface area contributed by atoms with Crippen molar-refractivity contribution in [2.45, 2.75) is 39.2 Å². The van der Waals surface area contributed by atoms with Crippen molar-refractivity contribution in [2.24, 2.45) is 5.92 Å². The van der Waals surface area contributed by atoms with Crippen LogP contribution in [0.4, 0.5) is 0 Å². The fraction of sp³-hybridized carbons (Fsp3) is 1.00. The lowest BCUT2D eigenvalue weighted by Gasteiger charge is -2.24. The van der Waals surface area contributed by atoms with E-state index in [0.29, 0.717) is 0 Å². The fourth-order valence-electron chi connectivity index (χ4n) is 1.60. The summed E-state index contributed by atoms with van der Waals surface area (Å²) in [5.74, 6) is 1.02. The Balaban J connectivity index is 2.02. The molecule has 0 aliphatic heterocycles. The quantitative estimate of drug-likeness (QED) is 0.606. The molecule has 0 radical (unpaired) electrons. The van der Waals surface area contributed by atoms with Crippen molar-refractivity contribution in [3.8, 4) is 0 Å². The van der Waals surface area contributed by atoms with Crippen molar-refractivity contribution >= 4 is 0 Å². The summed E-state index contributed by atoms with van der Waals surface area (Å²) in [7, 11) is 2.26. The molecule has 0 aromatic rings. The highest BCUT2D eigenvalue weighted by molar-refractivity contribution is 4.78. The van der Waals surface area contributed by atoms with E-state index in [0.717, 1.165) is 25.0 Å². The Bertz CT molecular complexity index is 132. The highest BCUT2D eigenvalue weighted by atomic mass is 15.1. The van der Waals surface area contributed by atoms with E-state index in [1.54, 1.807) is 0 Å². The van der Waals surface area contributed by atoms with Crippen LogP contribution in [0.5, 0.6) is 0 Å². The Kier molecular flexibility index (Phi) is 4.74. The summed E-state index contributed by atoms with van der Waals surface area (Å²) in [4.78, 5) is 2.51. The number of hydrogen-bond acceptors (Lipinski definition) is 2. The molecule has 1 N–H and O–H groups in total. The molecule has 1 aliphatic carbocycles. The lowest BCUT2D eigenvalue weighted by atomic mass is 10.2. The largest absolute Gasteiger partial charge is 0.317 e. The summed E-state index contributed by atoms with van der Waals surface area (Å²) in [5, 5.41) is 3.38. The molecule has 0 aromatic heterocycles. The molecule has 1 fully saturated rings. The van der Waals surface area contributed by atoms with Crippen LogP contribution in [0.1, 0.15) is 33.1 Å². The first kappa shape index (κ1) is 11.0. The maximum absolute atomic E-state index is 3.38. The summed E-state index contributed by atoms with van der Waals surface area (Å²) in [6.07, 6.45) is 4.20. The van der Waals surface area contributed by atoms with E-state index in [1.807, 2.05) is 0 Å². The molecule has 13 heavy (non-hydrogen) atoms. The molecule has 1 aliphatic rings. The molecule has 78 valence electrons. The summed E-state index contributed by atoms with van der Waals surface area (Å²) >= 11 is 0. The zero-order valence-corrected chi connectivity index (χ0v) is 9.34. The van der Waals surface area contributed by atoms with Crippen molar-refractivity contribution in [1.82, 2.24) is 10.2 Å². The summed E-state index contributed by atoms with van der Waals surface area (Å²) in [6.45, 7) is 8.07. The van der Waals surface area contributed by atoms with Crippen molar-refractivity contribution in [1.29, 1.82) is 0 Å². The summed E-state index contributed by atoms with van der Waals surface area (Å²) < 4.78 is 0. The van der Waals surface area contributed by atoms with Crippen molar-refractivity contribution in [2.75, 3.05) is 26.7 Å². The van der Waals surface area contributed by atoms with Crippen molar-refractivity contribution in [3.05, 3.63) is 0 Å². The van der Waals surface area contributed by atoms with Gasteiger partial charge in [-0.3, -0.25) is 0 Å². The highest BCUT2D eigenvalue weighted by Crippen LogP contribution is 2.29. The Labute approximate surface area is 82.7 Å². The summed E-state index contributed by atoms with van der Waals surface area (Å²) in [6, 6.07) is 0.736. The average molecular weight is 184 g/mol. The van der Waals surface area contributed by atoms with E-state index < -0.39 is 0 Å². The molecule has 0 saturated heterocycles. The van der Waals surface area contributed by atoms with Gasteiger partial charge in [-0.2, -0.15) is 0 Å². The lowest BCUT2D eigenvalue weighted by molar-refractivity contribution is 0.236. The normalized spacial score (nSPS) is 19.4. The smallest absolute Gasteiger partial charge is 0.00760 e. The molecule has 1 rings (SSSR count). The molecule has 0 amide bonds. The first-order valence-electron chi connectivity index (χ1n) is 5.65. The molecule has 0 spiro atoms. The van der Waals surface area contributed by atoms with Crippen molar-refractivity contribution in [3.63, 3.8) is 0 Å². The van der Waals surface area contributed by atoms with Gasteiger partial charge in [0, 0.05) is 12.6 Å². The Morgan fingerprint density at radius 1 is 1.46 bits per heavy atom. The zero-order valence-electron chi connectivity index (χ0n) is 9.34. The predicted octanol–water partition coefficient (Wildman–Crippen LogP) is 1.72. The van der Waals surface area contributed by atoms with E-state index >= 15 is 0 Å². The standard InChI is InChI=1S/C11H24N2/c1-4-12-8-7-10(2)13(3)9-11-5-6-11/h10-12H,4-9H2,1-3H3. The van der Waals surface area contributed by atoms with Crippen LogP contribution in [0.15, 0.2) is 0 Å². The van der Waals surface area contributed by atoms with Gasteiger partial charge in [-0.1, -0.05) is 6.92 Å². The third-order valence-corrected chi connectivity index (χ3v) is 2.98. The topological polar surface area (TPSA) is 15.3 Å². The van der Waals surface area contributed by atoms with E-state index in [2.05, 4.69) is 31.1 Å². The molecule has 1 atom stereocenters. The van der Waals surface area contributed by atoms with Gasteiger partial charge in [0.05, 0.1) is 0 Å². The van der Waals surface area contributed by atoms with Gasteiger partial charge in [-0.25, -0.2) is 0 Å². The second-order valence-electron chi connectivity index (χ2n) is 4.37. The molecule has 0 bridgehead atoms. The van der Waals surface area contributed by atoms with Crippen LogP contribution < -0.4 is 5.32 Å². The van der Waals surface area contributed by atoms with Gasteiger partial charge >= 0.3 is 0 Å². The van der Waals surface area contributed by atoms with Crippen molar-refractivity contribution < 1.29 is 0 Å². The van der Waals surface area contributed by atoms with Gasteiger partial charge in [-0.05, 0) is 52.2 Å². The first-order valence-corrected chi connectivity index (χ1v) is 5.65. The number of hydrogen-bond donors (Lipinski definition) is 1. The van der Waals surface area contributed by atoms with E-state index in [4.69, 9.17) is 0 Å². The van der Waals surface area contributed by atoms with E-state index in [-0.39, 0.29) is 0 Å². The predicted molar refractivity (Wildman–Crippen MR) is 58.0 cm³/mol. The molecular formula is C11H24N2. The molecule has 2 heteroatoms. The first-order chi connectivity index (χ1) is 6.24. The SMILES string of the molecule is CCNCCC(C)N(C)CC1CC1. The van der Waals surface area contributed by atoms with Gasteiger partial charge in [0.2, 0.25) is 0 Å². The molecule has 0 aromatic carbocycles. The number of nitrogens with one attached hydrogen (secondary N) is 1. The monoisotopic (exact) mass is 184 g/mol. The zero-order chi connectivity index (χ0) is 9.68. The Morgan fingerprint density at radius 3 is 2.69 bits per heavy atom. The Morgan fingerprint density at radius 2 is 2.15 bits per heavy atom. The summed E-state index contributed by atoms with van der Waals surface area (Å²) in [5.41, 5.74) is 0. The fourth-order valence-corrected chi connectivity index (χ4v) is 1.60. The van der Waals surface area contributed by atoms with Crippen LogP contribution in [-0.4, -0.2) is 37.6 Å². The average Bonchev–Trinajstić information content (AvgIpc) is 2.88. The minimum atomic E-state index is 0.736. The Hall–Kier alpha value is -0.0800. The number of nitrogens with zero attached hydrogens (tertiary/aromatic N) is 1. The van der Waals surface area contributed by atoms with Gasteiger partial charge in [0.1, 0.15) is 0 Å². The van der Waals surface area contributed by atoms with Gasteiger partial charge in [0.15, 0.2) is 0 Å². The van der Waals surface area contributed by atoms with E-state index in [9.17, 15) is 0 Å². The molecule has 1 saturated carbocycles. The number of rotatable bonds is 7. The van der Waals surface area contributed by atoms with Gasteiger partial charge in [0.25, 0.3) is 0 Å². The second-order valence-corrected chi connectivity index (χ2v) is 4.37. The van der Waals surface area contributed by atoms with Gasteiger partial charge in [-0.15, -0.1) is 0 Å². The third kappa shape index (κ3) is 4.63. The van der Waals surface area contributed by atoms with Gasteiger partial charge < -0.3 is 10.2 Å². The maximum Gasteiger partial charge on any atom is 0.00760 e. The highest BCUT2D eigenvalue weighted by Gasteiger charge is 2.24. The van der Waals surface area contributed by atoms with Crippen LogP contribution in [0.25, 0.3) is 0 Å². The second kappa shape index (κ2) is 5.61. The molecule has 0 heterocycles. The minimum absolute atomic E-state index is 0.736. The molecular weight excluding hydrogens is 160 g/mol.